The number of aromatic amines is 1. The van der Waals surface area contributed by atoms with Gasteiger partial charge >= 0.3 is 0 Å². The molecule has 1 saturated heterocycles. The summed E-state index contributed by atoms with van der Waals surface area (Å²) in [6, 6.07) is 13.3. The van der Waals surface area contributed by atoms with E-state index in [-0.39, 0.29) is 12.0 Å². The van der Waals surface area contributed by atoms with Crippen LogP contribution in [0, 0.1) is 0 Å². The summed E-state index contributed by atoms with van der Waals surface area (Å²) in [5, 5.41) is 0. The van der Waals surface area contributed by atoms with Crippen LogP contribution in [-0.4, -0.2) is 49.9 Å². The number of piperidine rings is 1. The van der Waals surface area contributed by atoms with E-state index in [1.165, 1.54) is 0 Å². The second kappa shape index (κ2) is 6.92. The number of nitrogens with zero attached hydrogens (tertiary/aromatic N) is 4. The summed E-state index contributed by atoms with van der Waals surface area (Å²) >= 11 is 0. The number of para-hydroxylation sites is 2. The van der Waals surface area contributed by atoms with E-state index in [4.69, 9.17) is 4.74 Å². The lowest BCUT2D eigenvalue weighted by molar-refractivity contribution is 0.0588. The van der Waals surface area contributed by atoms with Crippen molar-refractivity contribution in [1.29, 1.82) is 0 Å². The Morgan fingerprint density at radius 1 is 1.04 bits per heavy atom. The van der Waals surface area contributed by atoms with Crippen LogP contribution in [0.25, 0.3) is 22.1 Å². The van der Waals surface area contributed by atoms with E-state index in [9.17, 15) is 4.79 Å². The standard InChI is InChI=1S/C21H19N5O2/c27-21(14-5-6-17-19(11-14)24-13-23-17)26-9-7-15(8-10-26)28-20-12-22-16-3-1-2-4-18(16)25-20/h1-6,11-13,15H,7-10H2,(H,23,24). The summed E-state index contributed by atoms with van der Waals surface area (Å²) in [6.07, 6.45) is 4.88. The van der Waals surface area contributed by atoms with Crippen molar-refractivity contribution in [2.24, 2.45) is 0 Å². The van der Waals surface area contributed by atoms with E-state index in [0.717, 1.165) is 34.9 Å². The van der Waals surface area contributed by atoms with Gasteiger partial charge in [0.15, 0.2) is 0 Å². The highest BCUT2D eigenvalue weighted by Gasteiger charge is 2.25. The number of H-pyrrole nitrogens is 1. The normalized spacial score (nSPS) is 15.2. The Morgan fingerprint density at radius 3 is 2.71 bits per heavy atom. The van der Waals surface area contributed by atoms with Crippen LogP contribution in [0.4, 0.5) is 0 Å². The van der Waals surface area contributed by atoms with Crippen molar-refractivity contribution in [2.45, 2.75) is 18.9 Å². The van der Waals surface area contributed by atoms with E-state index >= 15 is 0 Å². The predicted octanol–water partition coefficient (Wildman–Crippen LogP) is 3.19. The summed E-state index contributed by atoms with van der Waals surface area (Å²) in [4.78, 5) is 30.8. The van der Waals surface area contributed by atoms with Crippen molar-refractivity contribution in [3.63, 3.8) is 0 Å². The molecule has 2 aromatic heterocycles. The molecule has 4 aromatic rings. The summed E-state index contributed by atoms with van der Waals surface area (Å²) in [5.41, 5.74) is 4.09. The molecule has 0 bridgehead atoms. The first-order chi connectivity index (χ1) is 13.8. The number of imidazole rings is 1. The Morgan fingerprint density at radius 2 is 1.86 bits per heavy atom. The second-order valence-electron chi connectivity index (χ2n) is 6.94. The van der Waals surface area contributed by atoms with Gasteiger partial charge in [0.2, 0.25) is 5.88 Å². The van der Waals surface area contributed by atoms with E-state index in [0.29, 0.717) is 24.5 Å². The lowest BCUT2D eigenvalue weighted by Gasteiger charge is -2.32. The number of carbonyl (C=O) groups is 1. The Hall–Kier alpha value is -3.48. The molecule has 5 rings (SSSR count). The highest BCUT2D eigenvalue weighted by atomic mass is 16.5. The molecule has 7 heteroatoms. The molecule has 0 unspecified atom stereocenters. The number of nitrogens with one attached hydrogen (secondary N) is 1. The van der Waals surface area contributed by atoms with Crippen LogP contribution >= 0.6 is 0 Å². The van der Waals surface area contributed by atoms with Gasteiger partial charge in [-0.1, -0.05) is 12.1 Å². The molecule has 3 heterocycles. The third-order valence-corrected chi connectivity index (χ3v) is 5.11. The fourth-order valence-corrected chi connectivity index (χ4v) is 3.60. The van der Waals surface area contributed by atoms with E-state index in [2.05, 4.69) is 19.9 Å². The number of amides is 1. The van der Waals surface area contributed by atoms with Gasteiger partial charge in [-0.05, 0) is 30.3 Å². The monoisotopic (exact) mass is 373 g/mol. The molecule has 1 amide bonds. The van der Waals surface area contributed by atoms with Gasteiger partial charge in [-0.2, -0.15) is 0 Å². The summed E-state index contributed by atoms with van der Waals surface area (Å²) in [7, 11) is 0. The van der Waals surface area contributed by atoms with Crippen LogP contribution in [0.2, 0.25) is 0 Å². The molecule has 1 aliphatic rings. The molecule has 0 atom stereocenters. The number of hydrogen-bond donors (Lipinski definition) is 1. The van der Waals surface area contributed by atoms with Crippen LogP contribution < -0.4 is 4.74 Å². The number of ether oxygens (including phenoxy) is 1. The lowest BCUT2D eigenvalue weighted by atomic mass is 10.1. The molecule has 0 radical (unpaired) electrons. The maximum absolute atomic E-state index is 12.8. The Balaban J connectivity index is 1.23. The van der Waals surface area contributed by atoms with Crippen molar-refractivity contribution < 1.29 is 9.53 Å². The molecule has 140 valence electrons. The maximum atomic E-state index is 12.8. The van der Waals surface area contributed by atoms with Gasteiger partial charge in [-0.3, -0.25) is 4.79 Å². The number of hydrogen-bond acceptors (Lipinski definition) is 5. The largest absolute Gasteiger partial charge is 0.473 e. The van der Waals surface area contributed by atoms with Crippen molar-refractivity contribution in [1.82, 2.24) is 24.8 Å². The molecule has 0 saturated carbocycles. The fourth-order valence-electron chi connectivity index (χ4n) is 3.60. The molecular weight excluding hydrogens is 354 g/mol. The van der Waals surface area contributed by atoms with Gasteiger partial charge in [0.1, 0.15) is 6.10 Å². The highest BCUT2D eigenvalue weighted by Crippen LogP contribution is 2.21. The van der Waals surface area contributed by atoms with Crippen LogP contribution in [0.1, 0.15) is 23.2 Å². The molecular formula is C21H19N5O2. The third-order valence-electron chi connectivity index (χ3n) is 5.11. The first-order valence-electron chi connectivity index (χ1n) is 9.37. The molecule has 28 heavy (non-hydrogen) atoms. The molecule has 1 aliphatic heterocycles. The minimum atomic E-state index is 0.0367. The number of benzene rings is 2. The van der Waals surface area contributed by atoms with Crippen molar-refractivity contribution in [3.05, 3.63) is 60.6 Å². The molecule has 0 spiro atoms. The third kappa shape index (κ3) is 3.15. The van der Waals surface area contributed by atoms with Crippen LogP contribution in [0.5, 0.6) is 5.88 Å². The molecule has 0 aliphatic carbocycles. The molecule has 1 N–H and O–H groups in total. The number of carbonyl (C=O) groups excluding carboxylic acids is 1. The number of likely N-dealkylation sites (tertiary alicyclic amines) is 1. The summed E-state index contributed by atoms with van der Waals surface area (Å²) in [6.45, 7) is 1.32. The van der Waals surface area contributed by atoms with Crippen LogP contribution in [0.15, 0.2) is 55.0 Å². The van der Waals surface area contributed by atoms with Crippen LogP contribution in [0.3, 0.4) is 0 Å². The lowest BCUT2D eigenvalue weighted by Crippen LogP contribution is -2.41. The summed E-state index contributed by atoms with van der Waals surface area (Å²) in [5.74, 6) is 0.577. The Labute approximate surface area is 161 Å². The number of rotatable bonds is 3. The average molecular weight is 373 g/mol. The minimum Gasteiger partial charge on any atom is -0.473 e. The molecule has 7 nitrogen and oxygen atoms in total. The quantitative estimate of drug-likeness (QED) is 0.596. The van der Waals surface area contributed by atoms with E-state index < -0.39 is 0 Å². The van der Waals surface area contributed by atoms with Crippen molar-refractivity contribution in [2.75, 3.05) is 13.1 Å². The SMILES string of the molecule is O=C(c1ccc2nc[nH]c2c1)N1CCC(Oc2cnc3ccccc3n2)CC1. The zero-order valence-electron chi connectivity index (χ0n) is 15.2. The van der Waals surface area contributed by atoms with Crippen molar-refractivity contribution >= 4 is 28.0 Å². The van der Waals surface area contributed by atoms with E-state index in [1.807, 2.05) is 47.4 Å². The first-order valence-corrected chi connectivity index (χ1v) is 9.37. The Kier molecular flexibility index (Phi) is 4.12. The second-order valence-corrected chi connectivity index (χ2v) is 6.94. The number of aromatic nitrogens is 4. The van der Waals surface area contributed by atoms with Gasteiger partial charge < -0.3 is 14.6 Å². The van der Waals surface area contributed by atoms with Gasteiger partial charge in [0, 0.05) is 31.5 Å². The zero-order chi connectivity index (χ0) is 18.9. The van der Waals surface area contributed by atoms with E-state index in [1.54, 1.807) is 12.5 Å². The van der Waals surface area contributed by atoms with Gasteiger partial charge in [0.05, 0.1) is 34.6 Å². The number of fused-ring (bicyclic) bond motifs is 2. The Bertz CT molecular complexity index is 1150. The summed E-state index contributed by atoms with van der Waals surface area (Å²) < 4.78 is 6.02. The predicted molar refractivity (Wildman–Crippen MR) is 105 cm³/mol. The van der Waals surface area contributed by atoms with Crippen LogP contribution in [-0.2, 0) is 0 Å². The fraction of sp³-hybridized carbons (Fsp3) is 0.238. The smallest absolute Gasteiger partial charge is 0.253 e. The molecule has 1 fully saturated rings. The zero-order valence-corrected chi connectivity index (χ0v) is 15.2. The van der Waals surface area contributed by atoms with Gasteiger partial charge in [-0.25, -0.2) is 15.0 Å². The van der Waals surface area contributed by atoms with Gasteiger partial charge in [-0.15, -0.1) is 0 Å². The first kappa shape index (κ1) is 16.7. The minimum absolute atomic E-state index is 0.0367. The molecule has 2 aromatic carbocycles. The van der Waals surface area contributed by atoms with Gasteiger partial charge in [0.25, 0.3) is 5.91 Å². The average Bonchev–Trinajstić information content (AvgIpc) is 3.21. The highest BCUT2D eigenvalue weighted by molar-refractivity contribution is 5.97. The van der Waals surface area contributed by atoms with Crippen molar-refractivity contribution in [3.8, 4) is 5.88 Å². The maximum Gasteiger partial charge on any atom is 0.253 e. The topological polar surface area (TPSA) is 84.0 Å².